The lowest BCUT2D eigenvalue weighted by Gasteiger charge is -2.39. The fraction of sp³-hybridized carbons (Fsp3) is 0.579. The van der Waals surface area contributed by atoms with Gasteiger partial charge in [0.05, 0.1) is 14.2 Å². The van der Waals surface area contributed by atoms with Crippen molar-refractivity contribution in [2.75, 3.05) is 47.4 Å². The zero-order valence-corrected chi connectivity index (χ0v) is 19.8. The van der Waals surface area contributed by atoms with Crippen LogP contribution in [0.3, 0.4) is 0 Å². The van der Waals surface area contributed by atoms with E-state index in [-0.39, 0.29) is 24.0 Å². The van der Waals surface area contributed by atoms with Crippen molar-refractivity contribution in [2.45, 2.75) is 25.7 Å². The van der Waals surface area contributed by atoms with Gasteiger partial charge in [-0.3, -0.25) is 9.89 Å². The van der Waals surface area contributed by atoms with Gasteiger partial charge in [-0.15, -0.1) is 24.0 Å². The number of aliphatic imine (C=N–C) groups is 1. The molecule has 1 aliphatic rings. The average Bonchev–Trinajstić information content (AvgIpc) is 2.72. The molecule has 1 N–H and O–H groups in total. The largest absolute Gasteiger partial charge is 0.496 e. The van der Waals surface area contributed by atoms with Crippen molar-refractivity contribution < 1.29 is 27.4 Å². The van der Waals surface area contributed by atoms with Crippen LogP contribution in [-0.4, -0.2) is 81.4 Å². The number of hydrogen-bond acceptors (Lipinski definition) is 5. The van der Waals surface area contributed by atoms with E-state index in [9.17, 15) is 18.0 Å². The van der Waals surface area contributed by atoms with Gasteiger partial charge in [-0.05, 0) is 24.6 Å². The summed E-state index contributed by atoms with van der Waals surface area (Å²) < 4.78 is 48.7. The molecular weight excluding hydrogens is 516 g/mol. The van der Waals surface area contributed by atoms with Crippen LogP contribution >= 0.6 is 24.0 Å². The first kappa shape index (κ1) is 26.3. The number of nitrogens with one attached hydrogen (secondary N) is 1. The van der Waals surface area contributed by atoms with E-state index in [2.05, 4.69) is 10.3 Å². The Kier molecular flexibility index (Phi) is 10.1. The molecule has 1 atom stereocenters. The van der Waals surface area contributed by atoms with Gasteiger partial charge in [0.15, 0.2) is 5.96 Å². The highest BCUT2D eigenvalue weighted by Gasteiger charge is 2.41. The third-order valence-corrected chi connectivity index (χ3v) is 4.97. The molecule has 2 rings (SSSR count). The second-order valence-electron chi connectivity index (χ2n) is 6.67. The third kappa shape index (κ3) is 6.62. The lowest BCUT2D eigenvalue weighted by molar-refractivity contribution is -0.181. The first-order valence-corrected chi connectivity index (χ1v) is 9.22. The minimum absolute atomic E-state index is 0. The molecule has 1 aromatic carbocycles. The Balaban J connectivity index is 0.00000450. The third-order valence-electron chi connectivity index (χ3n) is 4.97. The number of benzene rings is 1. The molecular formula is C19H28F3IN4O3. The van der Waals surface area contributed by atoms with Crippen LogP contribution in [0.25, 0.3) is 0 Å². The summed E-state index contributed by atoms with van der Waals surface area (Å²) in [5.74, 6) is 0.532. The van der Waals surface area contributed by atoms with E-state index in [0.717, 1.165) is 5.56 Å². The summed E-state index contributed by atoms with van der Waals surface area (Å²) in [6.45, 7) is 3.12. The Bertz CT molecular complexity index is 738. The summed E-state index contributed by atoms with van der Waals surface area (Å²) in [6.07, 6.45) is -4.22. The lowest BCUT2D eigenvalue weighted by Crippen LogP contribution is -2.56. The van der Waals surface area contributed by atoms with Gasteiger partial charge in [0.1, 0.15) is 17.4 Å². The number of guanidine groups is 1. The number of nitrogens with zero attached hydrogens (tertiary/aromatic N) is 3. The standard InChI is InChI=1S/C19H27F3N4O3.HI/c1-13(19(20,21)22)25-7-9-26(10-8-25)18(23-2)24-12-14-5-6-15(17(27)29-4)16(11-14)28-3;/h5-6,11,13H,7-10,12H2,1-4H3,(H,23,24);1H. The van der Waals surface area contributed by atoms with Gasteiger partial charge in [-0.2, -0.15) is 13.2 Å². The summed E-state index contributed by atoms with van der Waals surface area (Å²) in [5.41, 5.74) is 1.19. The Labute approximate surface area is 191 Å². The Hall–Kier alpha value is -1.76. The molecule has 0 bridgehead atoms. The predicted molar refractivity (Wildman–Crippen MR) is 119 cm³/mol. The number of rotatable bonds is 5. The minimum atomic E-state index is -4.22. The maximum Gasteiger partial charge on any atom is 0.403 e. The Morgan fingerprint density at radius 3 is 2.37 bits per heavy atom. The van der Waals surface area contributed by atoms with Crippen molar-refractivity contribution in [1.29, 1.82) is 0 Å². The van der Waals surface area contributed by atoms with Gasteiger partial charge in [-0.25, -0.2) is 4.79 Å². The van der Waals surface area contributed by atoms with E-state index < -0.39 is 18.2 Å². The lowest BCUT2D eigenvalue weighted by atomic mass is 10.1. The smallest absolute Gasteiger partial charge is 0.403 e. The highest BCUT2D eigenvalue weighted by atomic mass is 127. The SMILES string of the molecule is CN=C(NCc1ccc(C(=O)OC)c(OC)c1)N1CCN(C(C)C(F)(F)F)CC1.I. The van der Waals surface area contributed by atoms with E-state index in [4.69, 9.17) is 9.47 Å². The number of carbonyl (C=O) groups excluding carboxylic acids is 1. The Morgan fingerprint density at radius 2 is 1.87 bits per heavy atom. The number of methoxy groups -OCH3 is 2. The zero-order valence-electron chi connectivity index (χ0n) is 17.5. The number of halogens is 4. The molecule has 11 heteroatoms. The van der Waals surface area contributed by atoms with Crippen molar-refractivity contribution in [3.05, 3.63) is 29.3 Å². The molecule has 0 radical (unpaired) electrons. The average molecular weight is 544 g/mol. The zero-order chi connectivity index (χ0) is 21.6. The number of piperazine rings is 1. The molecule has 30 heavy (non-hydrogen) atoms. The summed E-state index contributed by atoms with van der Waals surface area (Å²) >= 11 is 0. The molecule has 1 saturated heterocycles. The second kappa shape index (κ2) is 11.6. The molecule has 7 nitrogen and oxygen atoms in total. The van der Waals surface area contributed by atoms with Crippen LogP contribution < -0.4 is 10.1 Å². The molecule has 1 fully saturated rings. The fourth-order valence-corrected chi connectivity index (χ4v) is 3.17. The summed E-state index contributed by atoms with van der Waals surface area (Å²) in [6, 6.07) is 3.68. The summed E-state index contributed by atoms with van der Waals surface area (Å²) in [7, 11) is 4.41. The maximum atomic E-state index is 12.9. The summed E-state index contributed by atoms with van der Waals surface area (Å²) in [5, 5.41) is 3.21. The van der Waals surface area contributed by atoms with Crippen molar-refractivity contribution in [3.8, 4) is 5.75 Å². The van der Waals surface area contributed by atoms with Gasteiger partial charge in [0, 0.05) is 39.8 Å². The molecule has 1 unspecified atom stereocenters. The quantitative estimate of drug-likeness (QED) is 0.266. The van der Waals surface area contributed by atoms with Gasteiger partial charge in [0.2, 0.25) is 0 Å². The van der Waals surface area contributed by atoms with Crippen LogP contribution in [0.5, 0.6) is 5.75 Å². The van der Waals surface area contributed by atoms with Crippen molar-refractivity contribution >= 4 is 35.9 Å². The van der Waals surface area contributed by atoms with Crippen LogP contribution in [-0.2, 0) is 11.3 Å². The monoisotopic (exact) mass is 544 g/mol. The first-order valence-electron chi connectivity index (χ1n) is 9.22. The number of esters is 1. The van der Waals surface area contributed by atoms with Crippen molar-refractivity contribution in [2.24, 2.45) is 4.99 Å². The highest BCUT2D eigenvalue weighted by molar-refractivity contribution is 14.0. The predicted octanol–water partition coefficient (Wildman–Crippen LogP) is 2.74. The molecule has 170 valence electrons. The van der Waals surface area contributed by atoms with E-state index in [0.29, 0.717) is 50.0 Å². The van der Waals surface area contributed by atoms with Crippen molar-refractivity contribution in [3.63, 3.8) is 0 Å². The van der Waals surface area contributed by atoms with E-state index in [1.54, 1.807) is 25.2 Å². The molecule has 0 spiro atoms. The van der Waals surface area contributed by atoms with Gasteiger partial charge >= 0.3 is 12.1 Å². The molecule has 1 heterocycles. The molecule has 0 aliphatic carbocycles. The van der Waals surface area contributed by atoms with Gasteiger partial charge in [-0.1, -0.05) is 6.07 Å². The molecule has 0 aromatic heterocycles. The van der Waals surface area contributed by atoms with Crippen LogP contribution in [0.1, 0.15) is 22.8 Å². The molecule has 1 aromatic rings. The molecule has 0 saturated carbocycles. The fourth-order valence-electron chi connectivity index (χ4n) is 3.17. The maximum absolute atomic E-state index is 12.9. The van der Waals surface area contributed by atoms with Gasteiger partial charge in [0.25, 0.3) is 0 Å². The summed E-state index contributed by atoms with van der Waals surface area (Å²) in [4.78, 5) is 19.3. The number of hydrogen-bond donors (Lipinski definition) is 1. The number of alkyl halides is 3. The van der Waals surface area contributed by atoms with Gasteiger partial charge < -0.3 is 19.7 Å². The Morgan fingerprint density at radius 1 is 1.23 bits per heavy atom. The number of carbonyl (C=O) groups is 1. The molecule has 0 amide bonds. The van der Waals surface area contributed by atoms with E-state index in [1.807, 2.05) is 4.90 Å². The van der Waals surface area contributed by atoms with E-state index >= 15 is 0 Å². The topological polar surface area (TPSA) is 66.4 Å². The van der Waals surface area contributed by atoms with Crippen LogP contribution in [0.15, 0.2) is 23.2 Å². The van der Waals surface area contributed by atoms with Crippen LogP contribution in [0.2, 0.25) is 0 Å². The highest BCUT2D eigenvalue weighted by Crippen LogP contribution is 2.25. The number of ether oxygens (including phenoxy) is 2. The minimum Gasteiger partial charge on any atom is -0.496 e. The van der Waals surface area contributed by atoms with E-state index in [1.165, 1.54) is 26.0 Å². The first-order chi connectivity index (χ1) is 13.7. The van der Waals surface area contributed by atoms with Crippen LogP contribution in [0, 0.1) is 0 Å². The van der Waals surface area contributed by atoms with Crippen LogP contribution in [0.4, 0.5) is 13.2 Å². The second-order valence-corrected chi connectivity index (χ2v) is 6.67. The molecule has 1 aliphatic heterocycles. The normalized spacial score (nSPS) is 16.5. The van der Waals surface area contributed by atoms with Crippen molar-refractivity contribution in [1.82, 2.24) is 15.1 Å².